The number of rotatable bonds is 3. The summed E-state index contributed by atoms with van der Waals surface area (Å²) in [5, 5.41) is 7.37. The summed E-state index contributed by atoms with van der Waals surface area (Å²) in [4.78, 5) is 17.8. The summed E-state index contributed by atoms with van der Waals surface area (Å²) in [7, 11) is 0. The second-order valence-electron chi connectivity index (χ2n) is 7.13. The topological polar surface area (TPSA) is 54.0 Å². The van der Waals surface area contributed by atoms with Crippen LogP contribution in [-0.4, -0.2) is 30.0 Å². The third kappa shape index (κ3) is 3.69. The molecule has 0 aliphatic carbocycles. The van der Waals surface area contributed by atoms with E-state index in [2.05, 4.69) is 22.5 Å². The number of nitrogens with zero attached hydrogens (tertiary/aromatic N) is 1. The van der Waals surface area contributed by atoms with Gasteiger partial charge in [0.15, 0.2) is 0 Å². The van der Waals surface area contributed by atoms with Gasteiger partial charge in [-0.05, 0) is 61.8 Å². The normalized spacial score (nSPS) is 19.8. The Morgan fingerprint density at radius 3 is 2.74 bits per heavy atom. The SMILES string of the molecule is CC1CNCCC1NC(=O)c1cc(-c2ccc(F)cc2)nc2ccccc12. The number of halogens is 1. The molecule has 5 heteroatoms. The molecule has 0 bridgehead atoms. The zero-order valence-corrected chi connectivity index (χ0v) is 15.2. The highest BCUT2D eigenvalue weighted by molar-refractivity contribution is 6.07. The fourth-order valence-corrected chi connectivity index (χ4v) is 3.61. The van der Waals surface area contributed by atoms with Gasteiger partial charge in [0.1, 0.15) is 5.82 Å². The van der Waals surface area contributed by atoms with Crippen LogP contribution in [0, 0.1) is 11.7 Å². The van der Waals surface area contributed by atoms with Crippen LogP contribution >= 0.6 is 0 Å². The third-order valence-corrected chi connectivity index (χ3v) is 5.20. The number of fused-ring (bicyclic) bond motifs is 1. The Bertz CT molecular complexity index is 971. The molecular formula is C22H22FN3O. The van der Waals surface area contributed by atoms with Crippen LogP contribution in [-0.2, 0) is 0 Å². The van der Waals surface area contributed by atoms with Crippen LogP contribution in [0.1, 0.15) is 23.7 Å². The van der Waals surface area contributed by atoms with E-state index in [0.717, 1.165) is 36.0 Å². The molecule has 3 aromatic rings. The lowest BCUT2D eigenvalue weighted by Gasteiger charge is -2.30. The first-order valence-corrected chi connectivity index (χ1v) is 9.29. The van der Waals surface area contributed by atoms with Crippen molar-refractivity contribution >= 4 is 16.8 Å². The number of pyridine rings is 1. The molecule has 1 fully saturated rings. The molecule has 2 unspecified atom stereocenters. The molecule has 4 rings (SSSR count). The number of para-hydroxylation sites is 1. The summed E-state index contributed by atoms with van der Waals surface area (Å²) in [6.07, 6.45) is 0.917. The Kier molecular flexibility index (Phi) is 4.86. The average molecular weight is 363 g/mol. The van der Waals surface area contributed by atoms with Crippen molar-refractivity contribution in [1.29, 1.82) is 0 Å². The number of carbonyl (C=O) groups is 1. The molecule has 2 N–H and O–H groups in total. The molecule has 2 atom stereocenters. The van der Waals surface area contributed by atoms with Gasteiger partial charge in [-0.15, -0.1) is 0 Å². The monoisotopic (exact) mass is 363 g/mol. The van der Waals surface area contributed by atoms with Gasteiger partial charge in [-0.1, -0.05) is 25.1 Å². The Morgan fingerprint density at radius 2 is 1.96 bits per heavy atom. The Balaban J connectivity index is 1.74. The highest BCUT2D eigenvalue weighted by Gasteiger charge is 2.24. The van der Waals surface area contributed by atoms with Gasteiger partial charge in [-0.3, -0.25) is 4.79 Å². The number of hydrogen-bond acceptors (Lipinski definition) is 3. The van der Waals surface area contributed by atoms with Crippen molar-refractivity contribution in [1.82, 2.24) is 15.6 Å². The molecule has 0 radical (unpaired) electrons. The summed E-state index contributed by atoms with van der Waals surface area (Å²) >= 11 is 0. The van der Waals surface area contributed by atoms with Crippen LogP contribution in [0.3, 0.4) is 0 Å². The van der Waals surface area contributed by atoms with Gasteiger partial charge in [-0.2, -0.15) is 0 Å². The van der Waals surface area contributed by atoms with Crippen LogP contribution < -0.4 is 10.6 Å². The first-order chi connectivity index (χ1) is 13.1. The molecule has 1 aliphatic rings. The summed E-state index contributed by atoms with van der Waals surface area (Å²) in [5.41, 5.74) is 2.80. The molecule has 27 heavy (non-hydrogen) atoms. The van der Waals surface area contributed by atoms with Crippen LogP contribution in [0.25, 0.3) is 22.2 Å². The van der Waals surface area contributed by atoms with E-state index in [1.54, 1.807) is 18.2 Å². The Hall–Kier alpha value is -2.79. The number of aromatic nitrogens is 1. The van der Waals surface area contributed by atoms with Gasteiger partial charge in [0.05, 0.1) is 16.8 Å². The number of hydrogen-bond donors (Lipinski definition) is 2. The fourth-order valence-electron chi connectivity index (χ4n) is 3.61. The Morgan fingerprint density at radius 1 is 1.19 bits per heavy atom. The molecule has 2 heterocycles. The molecule has 0 saturated carbocycles. The number of piperidine rings is 1. The lowest BCUT2D eigenvalue weighted by atomic mass is 9.94. The van der Waals surface area contributed by atoms with E-state index in [1.165, 1.54) is 12.1 Å². The van der Waals surface area contributed by atoms with E-state index >= 15 is 0 Å². The summed E-state index contributed by atoms with van der Waals surface area (Å²) in [5.74, 6) is 0.000448. The minimum absolute atomic E-state index is 0.0873. The van der Waals surface area contributed by atoms with Gasteiger partial charge in [0.25, 0.3) is 5.91 Å². The largest absolute Gasteiger partial charge is 0.349 e. The molecule has 1 amide bonds. The molecule has 1 aromatic heterocycles. The maximum Gasteiger partial charge on any atom is 0.252 e. The lowest BCUT2D eigenvalue weighted by Crippen LogP contribution is -2.48. The second kappa shape index (κ2) is 7.45. The highest BCUT2D eigenvalue weighted by atomic mass is 19.1. The first-order valence-electron chi connectivity index (χ1n) is 9.29. The maximum absolute atomic E-state index is 13.3. The molecule has 4 nitrogen and oxygen atoms in total. The molecular weight excluding hydrogens is 341 g/mol. The third-order valence-electron chi connectivity index (χ3n) is 5.20. The smallest absolute Gasteiger partial charge is 0.252 e. The number of amides is 1. The maximum atomic E-state index is 13.3. The minimum atomic E-state index is -0.294. The van der Waals surface area contributed by atoms with E-state index in [0.29, 0.717) is 17.2 Å². The fraction of sp³-hybridized carbons (Fsp3) is 0.273. The molecule has 1 saturated heterocycles. The predicted molar refractivity (Wildman–Crippen MR) is 105 cm³/mol. The molecule has 1 aliphatic heterocycles. The van der Waals surface area contributed by atoms with Crippen molar-refractivity contribution in [2.45, 2.75) is 19.4 Å². The van der Waals surface area contributed by atoms with Crippen LogP contribution in [0.4, 0.5) is 4.39 Å². The lowest BCUT2D eigenvalue weighted by molar-refractivity contribution is 0.0916. The minimum Gasteiger partial charge on any atom is -0.349 e. The zero-order chi connectivity index (χ0) is 18.8. The highest BCUT2D eigenvalue weighted by Crippen LogP contribution is 2.25. The van der Waals surface area contributed by atoms with E-state index in [4.69, 9.17) is 0 Å². The standard InChI is InChI=1S/C22H22FN3O/c1-14-13-24-11-10-19(14)26-22(27)18-12-21(15-6-8-16(23)9-7-15)25-20-5-3-2-4-17(18)20/h2-9,12,14,19,24H,10-11,13H2,1H3,(H,26,27). The second-order valence-corrected chi connectivity index (χ2v) is 7.13. The van der Waals surface area contributed by atoms with Crippen molar-refractivity contribution in [2.75, 3.05) is 13.1 Å². The molecule has 2 aromatic carbocycles. The molecule has 138 valence electrons. The average Bonchev–Trinajstić information content (AvgIpc) is 2.69. The Labute approximate surface area is 157 Å². The van der Waals surface area contributed by atoms with E-state index < -0.39 is 0 Å². The van der Waals surface area contributed by atoms with Crippen LogP contribution in [0.2, 0.25) is 0 Å². The number of benzene rings is 2. The zero-order valence-electron chi connectivity index (χ0n) is 15.2. The quantitative estimate of drug-likeness (QED) is 0.745. The van der Waals surface area contributed by atoms with Gasteiger partial charge in [0.2, 0.25) is 0 Å². The van der Waals surface area contributed by atoms with Crippen molar-refractivity contribution < 1.29 is 9.18 Å². The summed E-state index contributed by atoms with van der Waals surface area (Å²) in [6, 6.07) is 15.8. The van der Waals surface area contributed by atoms with Crippen molar-refractivity contribution in [3.63, 3.8) is 0 Å². The van der Waals surface area contributed by atoms with E-state index in [-0.39, 0.29) is 17.8 Å². The van der Waals surface area contributed by atoms with Gasteiger partial charge >= 0.3 is 0 Å². The summed E-state index contributed by atoms with van der Waals surface area (Å²) < 4.78 is 13.3. The van der Waals surface area contributed by atoms with Gasteiger partial charge < -0.3 is 10.6 Å². The van der Waals surface area contributed by atoms with Crippen molar-refractivity contribution in [2.24, 2.45) is 5.92 Å². The van der Waals surface area contributed by atoms with E-state index in [9.17, 15) is 9.18 Å². The van der Waals surface area contributed by atoms with Gasteiger partial charge in [-0.25, -0.2) is 9.37 Å². The van der Waals surface area contributed by atoms with E-state index in [1.807, 2.05) is 24.3 Å². The predicted octanol–water partition coefficient (Wildman–Crippen LogP) is 3.77. The van der Waals surface area contributed by atoms with Gasteiger partial charge in [0, 0.05) is 17.0 Å². The van der Waals surface area contributed by atoms with Crippen molar-refractivity contribution in [3.05, 3.63) is 66.0 Å². The number of carbonyl (C=O) groups excluding carboxylic acids is 1. The van der Waals surface area contributed by atoms with Crippen LogP contribution in [0.5, 0.6) is 0 Å². The van der Waals surface area contributed by atoms with Crippen LogP contribution in [0.15, 0.2) is 54.6 Å². The summed E-state index contributed by atoms with van der Waals surface area (Å²) in [6.45, 7) is 3.96. The molecule has 0 spiro atoms. The number of nitrogens with one attached hydrogen (secondary N) is 2. The first kappa shape index (κ1) is 17.6. The van der Waals surface area contributed by atoms with Crippen molar-refractivity contribution in [3.8, 4) is 11.3 Å².